The van der Waals surface area contributed by atoms with Crippen molar-refractivity contribution in [2.24, 2.45) is 17.3 Å². The number of amides is 1. The van der Waals surface area contributed by atoms with Crippen molar-refractivity contribution in [2.45, 2.75) is 60.4 Å². The van der Waals surface area contributed by atoms with Gasteiger partial charge in [-0.05, 0) is 44.6 Å². The third-order valence-corrected chi connectivity index (χ3v) is 3.95. The van der Waals surface area contributed by atoms with Gasteiger partial charge in [0.05, 0.1) is 0 Å². The highest BCUT2D eigenvalue weighted by Gasteiger charge is 2.36. The van der Waals surface area contributed by atoms with Crippen molar-refractivity contribution in [3.63, 3.8) is 0 Å². The minimum Gasteiger partial charge on any atom is -0.342 e. The number of hydrogen-bond donors (Lipinski definition) is 1. The van der Waals surface area contributed by atoms with Crippen molar-refractivity contribution in [1.82, 2.24) is 10.2 Å². The Kier molecular flexibility index (Phi) is 5.05. The van der Waals surface area contributed by atoms with Gasteiger partial charge in [-0.15, -0.1) is 0 Å². The lowest BCUT2D eigenvalue weighted by Crippen LogP contribution is -2.42. The van der Waals surface area contributed by atoms with Crippen molar-refractivity contribution >= 4 is 5.91 Å². The second-order valence-electron chi connectivity index (χ2n) is 8.30. The van der Waals surface area contributed by atoms with Gasteiger partial charge in [0.15, 0.2) is 0 Å². The standard InChI is InChI=1S/C16H32N2O/c1-12(9-17-16(5,6)7)10-18-11-13(8-14(18)19)15(2,3)4/h12-13,17H,8-11H2,1-7H3. The summed E-state index contributed by atoms with van der Waals surface area (Å²) >= 11 is 0. The molecule has 1 amide bonds. The van der Waals surface area contributed by atoms with Crippen LogP contribution < -0.4 is 5.32 Å². The molecular weight excluding hydrogens is 236 g/mol. The molecule has 2 unspecified atom stereocenters. The quantitative estimate of drug-likeness (QED) is 0.850. The first-order chi connectivity index (χ1) is 8.49. The maximum atomic E-state index is 12.1. The third kappa shape index (κ3) is 5.52. The average molecular weight is 268 g/mol. The van der Waals surface area contributed by atoms with E-state index in [9.17, 15) is 4.79 Å². The van der Waals surface area contributed by atoms with Gasteiger partial charge in [0.2, 0.25) is 5.91 Å². The fourth-order valence-corrected chi connectivity index (χ4v) is 2.45. The zero-order valence-electron chi connectivity index (χ0n) is 13.8. The van der Waals surface area contributed by atoms with Gasteiger partial charge < -0.3 is 10.2 Å². The number of carbonyl (C=O) groups is 1. The molecule has 1 heterocycles. The second-order valence-corrected chi connectivity index (χ2v) is 8.30. The van der Waals surface area contributed by atoms with Crippen LogP contribution in [0.3, 0.4) is 0 Å². The molecule has 1 fully saturated rings. The van der Waals surface area contributed by atoms with Crippen LogP contribution >= 0.6 is 0 Å². The van der Waals surface area contributed by atoms with E-state index in [1.165, 1.54) is 0 Å². The highest BCUT2D eigenvalue weighted by Crippen LogP contribution is 2.34. The maximum absolute atomic E-state index is 12.1. The summed E-state index contributed by atoms with van der Waals surface area (Å²) < 4.78 is 0. The zero-order chi connectivity index (χ0) is 14.8. The van der Waals surface area contributed by atoms with Gasteiger partial charge in [-0.3, -0.25) is 4.79 Å². The zero-order valence-corrected chi connectivity index (χ0v) is 13.8. The van der Waals surface area contributed by atoms with E-state index in [0.717, 1.165) is 26.1 Å². The largest absolute Gasteiger partial charge is 0.342 e. The summed E-state index contributed by atoms with van der Waals surface area (Å²) in [7, 11) is 0. The molecule has 1 rings (SSSR count). The maximum Gasteiger partial charge on any atom is 0.222 e. The fraction of sp³-hybridized carbons (Fsp3) is 0.938. The van der Waals surface area contributed by atoms with Crippen molar-refractivity contribution in [3.05, 3.63) is 0 Å². The molecular formula is C16H32N2O. The number of rotatable bonds is 4. The summed E-state index contributed by atoms with van der Waals surface area (Å²) in [5.41, 5.74) is 0.383. The highest BCUT2D eigenvalue weighted by atomic mass is 16.2. The number of likely N-dealkylation sites (tertiary alicyclic amines) is 1. The van der Waals surface area contributed by atoms with Gasteiger partial charge in [0.1, 0.15) is 0 Å². The molecule has 112 valence electrons. The Morgan fingerprint density at radius 1 is 1.26 bits per heavy atom. The Balaban J connectivity index is 2.43. The summed E-state index contributed by atoms with van der Waals surface area (Å²) in [5, 5.41) is 3.51. The second kappa shape index (κ2) is 5.82. The monoisotopic (exact) mass is 268 g/mol. The summed E-state index contributed by atoms with van der Waals surface area (Å²) in [6.07, 6.45) is 0.725. The first-order valence-corrected chi connectivity index (χ1v) is 7.52. The van der Waals surface area contributed by atoms with Crippen LogP contribution in [0.25, 0.3) is 0 Å². The molecule has 0 aliphatic carbocycles. The van der Waals surface area contributed by atoms with Crippen LogP contribution in [0, 0.1) is 17.3 Å². The minimum atomic E-state index is 0.150. The van der Waals surface area contributed by atoms with E-state index in [1.54, 1.807) is 0 Å². The Bertz CT molecular complexity index is 312. The van der Waals surface area contributed by atoms with Gasteiger partial charge in [-0.25, -0.2) is 0 Å². The lowest BCUT2D eigenvalue weighted by Gasteiger charge is -2.28. The predicted molar refractivity (Wildman–Crippen MR) is 81.1 cm³/mol. The van der Waals surface area contributed by atoms with Crippen molar-refractivity contribution < 1.29 is 4.79 Å². The van der Waals surface area contributed by atoms with Crippen LogP contribution in [0.5, 0.6) is 0 Å². The van der Waals surface area contributed by atoms with E-state index in [4.69, 9.17) is 0 Å². The van der Waals surface area contributed by atoms with Crippen LogP contribution in [0.1, 0.15) is 54.9 Å². The number of hydrogen-bond acceptors (Lipinski definition) is 2. The Hall–Kier alpha value is -0.570. The van der Waals surface area contributed by atoms with E-state index < -0.39 is 0 Å². The predicted octanol–water partition coefficient (Wildman–Crippen LogP) is 2.91. The first-order valence-electron chi connectivity index (χ1n) is 7.52. The summed E-state index contributed by atoms with van der Waals surface area (Å²) in [6, 6.07) is 0. The third-order valence-electron chi connectivity index (χ3n) is 3.95. The highest BCUT2D eigenvalue weighted by molar-refractivity contribution is 5.78. The van der Waals surface area contributed by atoms with Gasteiger partial charge in [0, 0.05) is 25.0 Å². The molecule has 0 radical (unpaired) electrons. The molecule has 0 aromatic heterocycles. The lowest BCUT2D eigenvalue weighted by molar-refractivity contribution is -0.128. The van der Waals surface area contributed by atoms with E-state index in [-0.39, 0.29) is 11.0 Å². The Morgan fingerprint density at radius 2 is 1.84 bits per heavy atom. The summed E-state index contributed by atoms with van der Waals surface area (Å²) in [6.45, 7) is 18.2. The fourth-order valence-electron chi connectivity index (χ4n) is 2.45. The van der Waals surface area contributed by atoms with Gasteiger partial charge in [0.25, 0.3) is 0 Å². The smallest absolute Gasteiger partial charge is 0.222 e. The van der Waals surface area contributed by atoms with Gasteiger partial charge in [-0.2, -0.15) is 0 Å². The summed E-state index contributed by atoms with van der Waals surface area (Å²) in [5.74, 6) is 1.34. The molecule has 0 aromatic carbocycles. The SMILES string of the molecule is CC(CNC(C)(C)C)CN1CC(C(C)(C)C)CC1=O. The lowest BCUT2D eigenvalue weighted by atomic mass is 9.80. The Labute approximate surface area is 119 Å². The van der Waals surface area contributed by atoms with Crippen LogP contribution in [0.15, 0.2) is 0 Å². The van der Waals surface area contributed by atoms with Gasteiger partial charge in [-0.1, -0.05) is 27.7 Å². The van der Waals surface area contributed by atoms with Crippen LogP contribution in [0.2, 0.25) is 0 Å². The van der Waals surface area contributed by atoms with E-state index in [1.807, 2.05) is 0 Å². The molecule has 0 saturated carbocycles. The molecule has 3 heteroatoms. The first kappa shape index (κ1) is 16.5. The number of carbonyl (C=O) groups excluding carboxylic acids is 1. The molecule has 1 aliphatic rings. The molecule has 1 aliphatic heterocycles. The topological polar surface area (TPSA) is 32.3 Å². The van der Waals surface area contributed by atoms with E-state index in [0.29, 0.717) is 17.7 Å². The van der Waals surface area contributed by atoms with Crippen LogP contribution in [-0.2, 0) is 4.79 Å². The van der Waals surface area contributed by atoms with Gasteiger partial charge >= 0.3 is 0 Å². The average Bonchev–Trinajstić information content (AvgIpc) is 2.56. The van der Waals surface area contributed by atoms with Crippen molar-refractivity contribution in [1.29, 1.82) is 0 Å². The van der Waals surface area contributed by atoms with Crippen molar-refractivity contribution in [3.8, 4) is 0 Å². The minimum absolute atomic E-state index is 0.150. The molecule has 0 bridgehead atoms. The molecule has 0 aromatic rings. The molecule has 3 nitrogen and oxygen atoms in total. The van der Waals surface area contributed by atoms with Crippen molar-refractivity contribution in [2.75, 3.05) is 19.6 Å². The summed E-state index contributed by atoms with van der Waals surface area (Å²) in [4.78, 5) is 14.1. The molecule has 19 heavy (non-hydrogen) atoms. The normalized spacial score (nSPS) is 23.0. The number of nitrogens with zero attached hydrogens (tertiary/aromatic N) is 1. The van der Waals surface area contributed by atoms with Crippen LogP contribution in [0.4, 0.5) is 0 Å². The number of nitrogens with one attached hydrogen (secondary N) is 1. The van der Waals surface area contributed by atoms with E-state index in [2.05, 4.69) is 58.7 Å². The molecule has 2 atom stereocenters. The Morgan fingerprint density at radius 3 is 2.26 bits per heavy atom. The van der Waals surface area contributed by atoms with E-state index >= 15 is 0 Å². The molecule has 1 N–H and O–H groups in total. The molecule has 0 spiro atoms. The van der Waals surface area contributed by atoms with Crippen LogP contribution in [-0.4, -0.2) is 36.0 Å². The molecule has 1 saturated heterocycles.